The molecule has 0 spiro atoms. The number of hydrogen-bond acceptors (Lipinski definition) is 3. The average Bonchev–Trinajstić information content (AvgIpc) is 3.17. The van der Waals surface area contributed by atoms with Crippen molar-refractivity contribution >= 4 is 10.0 Å². The highest BCUT2D eigenvalue weighted by Crippen LogP contribution is 2.31. The van der Waals surface area contributed by atoms with Gasteiger partial charge in [-0.2, -0.15) is 5.26 Å². The predicted molar refractivity (Wildman–Crippen MR) is 78.3 cm³/mol. The van der Waals surface area contributed by atoms with Crippen LogP contribution in [-0.2, 0) is 15.8 Å². The monoisotopic (exact) mass is 292 g/mol. The zero-order chi connectivity index (χ0) is 14.6. The van der Waals surface area contributed by atoms with Gasteiger partial charge in [0.05, 0.1) is 11.8 Å². The molecule has 0 saturated heterocycles. The van der Waals surface area contributed by atoms with Crippen LogP contribution in [0.2, 0.25) is 0 Å². The molecule has 0 bridgehead atoms. The third-order valence-electron chi connectivity index (χ3n) is 3.46. The summed E-state index contributed by atoms with van der Waals surface area (Å²) in [5.74, 6) is 0.508. The molecule has 108 valence electrons. The lowest BCUT2D eigenvalue weighted by Gasteiger charge is -2.21. The molecule has 0 radical (unpaired) electrons. The van der Waals surface area contributed by atoms with Crippen LogP contribution in [-0.4, -0.2) is 25.8 Å². The number of hydrogen-bond donors (Lipinski definition) is 0. The van der Waals surface area contributed by atoms with Crippen molar-refractivity contribution in [3.05, 3.63) is 35.4 Å². The third-order valence-corrected chi connectivity index (χ3v) is 5.27. The Morgan fingerprint density at radius 3 is 2.75 bits per heavy atom. The molecule has 0 aromatic heterocycles. The van der Waals surface area contributed by atoms with Crippen LogP contribution in [0, 0.1) is 24.2 Å². The van der Waals surface area contributed by atoms with Crippen LogP contribution < -0.4 is 0 Å². The number of nitrogens with zero attached hydrogens (tertiary/aromatic N) is 2. The van der Waals surface area contributed by atoms with Crippen molar-refractivity contribution in [2.24, 2.45) is 5.92 Å². The van der Waals surface area contributed by atoms with Crippen molar-refractivity contribution in [2.75, 3.05) is 13.1 Å². The maximum absolute atomic E-state index is 12.5. The second kappa shape index (κ2) is 6.38. The lowest BCUT2D eigenvalue weighted by atomic mass is 10.2. The molecule has 1 fully saturated rings. The average molecular weight is 292 g/mol. The van der Waals surface area contributed by atoms with Gasteiger partial charge in [-0.05, 0) is 31.2 Å². The molecule has 1 aromatic carbocycles. The van der Waals surface area contributed by atoms with Gasteiger partial charge >= 0.3 is 0 Å². The van der Waals surface area contributed by atoms with Gasteiger partial charge in [0, 0.05) is 19.5 Å². The van der Waals surface area contributed by atoms with E-state index in [1.807, 2.05) is 37.3 Å². The highest BCUT2D eigenvalue weighted by atomic mass is 32.2. The summed E-state index contributed by atoms with van der Waals surface area (Å²) in [5.41, 5.74) is 1.87. The zero-order valence-corrected chi connectivity index (χ0v) is 12.6. The van der Waals surface area contributed by atoms with Crippen molar-refractivity contribution in [1.29, 1.82) is 5.26 Å². The largest absolute Gasteiger partial charge is 0.218 e. The first kappa shape index (κ1) is 15.0. The molecule has 0 aliphatic heterocycles. The molecule has 1 aliphatic rings. The number of benzene rings is 1. The highest BCUT2D eigenvalue weighted by molar-refractivity contribution is 7.88. The Morgan fingerprint density at radius 1 is 1.40 bits per heavy atom. The molecule has 1 aliphatic carbocycles. The molecule has 0 atom stereocenters. The summed E-state index contributed by atoms with van der Waals surface area (Å²) in [5, 5.41) is 8.69. The fraction of sp³-hybridized carbons (Fsp3) is 0.533. The summed E-state index contributed by atoms with van der Waals surface area (Å²) in [4.78, 5) is 0. The van der Waals surface area contributed by atoms with Gasteiger partial charge in [0.2, 0.25) is 10.0 Å². The van der Waals surface area contributed by atoms with E-state index < -0.39 is 10.0 Å². The Labute approximate surface area is 121 Å². The molecule has 0 unspecified atom stereocenters. The lowest BCUT2D eigenvalue weighted by Crippen LogP contribution is -2.34. The fourth-order valence-corrected chi connectivity index (χ4v) is 3.80. The third kappa shape index (κ3) is 4.32. The lowest BCUT2D eigenvalue weighted by molar-refractivity contribution is 0.402. The van der Waals surface area contributed by atoms with Crippen LogP contribution in [0.4, 0.5) is 0 Å². The molecular weight excluding hydrogens is 272 g/mol. The second-order valence-corrected chi connectivity index (χ2v) is 7.42. The van der Waals surface area contributed by atoms with E-state index in [9.17, 15) is 8.42 Å². The van der Waals surface area contributed by atoms with Crippen LogP contribution in [0.1, 0.15) is 30.4 Å². The first-order valence-corrected chi connectivity index (χ1v) is 8.52. The van der Waals surface area contributed by atoms with Crippen molar-refractivity contribution in [3.63, 3.8) is 0 Å². The van der Waals surface area contributed by atoms with Crippen molar-refractivity contribution in [1.82, 2.24) is 4.31 Å². The number of nitriles is 1. The van der Waals surface area contributed by atoms with Crippen molar-refractivity contribution in [2.45, 2.75) is 31.9 Å². The number of rotatable bonds is 7. The summed E-state index contributed by atoms with van der Waals surface area (Å²) in [6.07, 6.45) is 2.45. The zero-order valence-electron chi connectivity index (χ0n) is 11.7. The van der Waals surface area contributed by atoms with Gasteiger partial charge in [0.15, 0.2) is 0 Å². The van der Waals surface area contributed by atoms with Crippen LogP contribution in [0.15, 0.2) is 24.3 Å². The van der Waals surface area contributed by atoms with Crippen LogP contribution >= 0.6 is 0 Å². The van der Waals surface area contributed by atoms with Crippen LogP contribution in [0.3, 0.4) is 0 Å². The maximum Gasteiger partial charge on any atom is 0.218 e. The summed E-state index contributed by atoms with van der Waals surface area (Å²) in [6, 6.07) is 9.60. The number of sulfonamides is 1. The van der Waals surface area contributed by atoms with E-state index >= 15 is 0 Å². The van der Waals surface area contributed by atoms with E-state index in [4.69, 9.17) is 5.26 Å². The Balaban J connectivity index is 2.10. The molecule has 0 amide bonds. The quantitative estimate of drug-likeness (QED) is 0.775. The summed E-state index contributed by atoms with van der Waals surface area (Å²) >= 11 is 0. The summed E-state index contributed by atoms with van der Waals surface area (Å²) in [7, 11) is -3.34. The Morgan fingerprint density at radius 2 is 2.15 bits per heavy atom. The Kier molecular flexibility index (Phi) is 4.79. The summed E-state index contributed by atoms with van der Waals surface area (Å²) < 4.78 is 26.5. The smallest absolute Gasteiger partial charge is 0.212 e. The van der Waals surface area contributed by atoms with Gasteiger partial charge in [-0.15, -0.1) is 0 Å². The van der Waals surface area contributed by atoms with Gasteiger partial charge in [0.1, 0.15) is 0 Å². The van der Waals surface area contributed by atoms with Gasteiger partial charge in [0.25, 0.3) is 0 Å². The molecule has 20 heavy (non-hydrogen) atoms. The molecule has 4 nitrogen and oxygen atoms in total. The van der Waals surface area contributed by atoms with Gasteiger partial charge in [-0.3, -0.25) is 0 Å². The Bertz CT molecular complexity index is 601. The second-order valence-electron chi connectivity index (χ2n) is 5.45. The topological polar surface area (TPSA) is 61.2 Å². The minimum Gasteiger partial charge on any atom is -0.212 e. The van der Waals surface area contributed by atoms with Gasteiger partial charge in [-0.25, -0.2) is 12.7 Å². The van der Waals surface area contributed by atoms with Gasteiger partial charge in [-0.1, -0.05) is 29.8 Å². The molecule has 1 saturated carbocycles. The highest BCUT2D eigenvalue weighted by Gasteiger charge is 2.30. The molecule has 0 heterocycles. The molecule has 1 aromatic rings. The van der Waals surface area contributed by atoms with E-state index in [-0.39, 0.29) is 12.2 Å². The van der Waals surface area contributed by atoms with E-state index in [0.717, 1.165) is 24.0 Å². The van der Waals surface area contributed by atoms with Crippen LogP contribution in [0.5, 0.6) is 0 Å². The van der Waals surface area contributed by atoms with Crippen molar-refractivity contribution < 1.29 is 8.42 Å². The standard InChI is InChI=1S/C15H20N2O2S/c1-13-4-2-5-15(10-13)12-20(18,19)17(9-3-8-16)11-14-6-7-14/h2,4-5,10,14H,3,6-7,9,11-12H2,1H3. The normalized spacial score (nSPS) is 15.2. The van der Waals surface area contributed by atoms with Crippen molar-refractivity contribution in [3.8, 4) is 6.07 Å². The SMILES string of the molecule is Cc1cccc(CS(=O)(=O)N(CCC#N)CC2CC2)c1. The van der Waals surface area contributed by atoms with E-state index in [2.05, 4.69) is 0 Å². The molecule has 2 rings (SSSR count). The summed E-state index contributed by atoms with van der Waals surface area (Å²) in [6.45, 7) is 2.82. The van der Waals surface area contributed by atoms with Crippen LogP contribution in [0.25, 0.3) is 0 Å². The van der Waals surface area contributed by atoms with E-state index in [1.165, 1.54) is 4.31 Å². The maximum atomic E-state index is 12.5. The molecule has 5 heteroatoms. The first-order chi connectivity index (χ1) is 9.51. The predicted octanol–water partition coefficient (Wildman–Crippen LogP) is 2.45. The molecule has 0 N–H and O–H groups in total. The fourth-order valence-electron chi connectivity index (χ4n) is 2.21. The minimum atomic E-state index is -3.34. The first-order valence-electron chi connectivity index (χ1n) is 6.91. The van der Waals surface area contributed by atoms with E-state index in [1.54, 1.807) is 0 Å². The van der Waals surface area contributed by atoms with Gasteiger partial charge < -0.3 is 0 Å². The number of aryl methyl sites for hydroxylation is 1. The Hall–Kier alpha value is -1.38. The minimum absolute atomic E-state index is 0.0207. The van der Waals surface area contributed by atoms with E-state index in [0.29, 0.717) is 19.0 Å². The molecular formula is C15H20N2O2S.